The SMILES string of the molecule is CCCC(=O)N[C@H]1[C@H]([C@H](O)C(O)CO)OC(C(=O)O)=C[C@@H]1O. The first-order chi connectivity index (χ1) is 10.3. The highest BCUT2D eigenvalue weighted by Gasteiger charge is 2.43. The van der Waals surface area contributed by atoms with Crippen molar-refractivity contribution in [3.63, 3.8) is 0 Å². The van der Waals surface area contributed by atoms with Gasteiger partial charge in [-0.1, -0.05) is 6.92 Å². The van der Waals surface area contributed by atoms with Gasteiger partial charge in [-0.3, -0.25) is 4.79 Å². The maximum atomic E-state index is 11.7. The van der Waals surface area contributed by atoms with Gasteiger partial charge in [0, 0.05) is 6.42 Å². The maximum absolute atomic E-state index is 11.7. The first-order valence-corrected chi connectivity index (χ1v) is 6.88. The van der Waals surface area contributed by atoms with Gasteiger partial charge in [0.25, 0.3) is 0 Å². The third-order valence-corrected chi connectivity index (χ3v) is 3.24. The standard InChI is InChI=1S/C13H21NO8/c1-2-3-9(18)14-10-6(16)4-8(13(20)21)22-12(10)11(19)7(17)5-15/h4,6-7,10-12,15-17,19H,2-3,5H2,1H3,(H,14,18)(H,20,21)/t6-,7?,10+,11+,12+/m0/s1. The first kappa shape index (κ1) is 18.4. The van der Waals surface area contributed by atoms with Crippen LogP contribution < -0.4 is 5.32 Å². The van der Waals surface area contributed by atoms with Gasteiger partial charge in [0.2, 0.25) is 11.7 Å². The van der Waals surface area contributed by atoms with Crippen LogP contribution in [0.5, 0.6) is 0 Å². The molecule has 0 aromatic heterocycles. The van der Waals surface area contributed by atoms with Crippen molar-refractivity contribution in [2.24, 2.45) is 0 Å². The highest BCUT2D eigenvalue weighted by Crippen LogP contribution is 2.23. The van der Waals surface area contributed by atoms with Crippen LogP contribution >= 0.6 is 0 Å². The Hall–Kier alpha value is -1.68. The van der Waals surface area contributed by atoms with Gasteiger partial charge < -0.3 is 35.6 Å². The van der Waals surface area contributed by atoms with Gasteiger partial charge in [0.05, 0.1) is 12.6 Å². The van der Waals surface area contributed by atoms with Crippen LogP contribution in [0.25, 0.3) is 0 Å². The minimum Gasteiger partial charge on any atom is -0.478 e. The van der Waals surface area contributed by atoms with Crippen LogP contribution in [0.4, 0.5) is 0 Å². The number of ether oxygens (including phenoxy) is 1. The van der Waals surface area contributed by atoms with Gasteiger partial charge in [-0.25, -0.2) is 4.79 Å². The number of hydrogen-bond donors (Lipinski definition) is 6. The quantitative estimate of drug-likeness (QED) is 0.306. The number of carboxylic acid groups (broad SMARTS) is 1. The second-order valence-electron chi connectivity index (χ2n) is 4.99. The zero-order valence-electron chi connectivity index (χ0n) is 12.0. The molecule has 0 aliphatic carbocycles. The molecule has 6 N–H and O–H groups in total. The lowest BCUT2D eigenvalue weighted by Crippen LogP contribution is -2.60. The number of amides is 1. The summed E-state index contributed by atoms with van der Waals surface area (Å²) in [6, 6.07) is -1.15. The van der Waals surface area contributed by atoms with Crippen molar-refractivity contribution < 1.29 is 39.9 Å². The predicted molar refractivity (Wildman–Crippen MR) is 72.5 cm³/mol. The van der Waals surface area contributed by atoms with Gasteiger partial charge in [0.1, 0.15) is 18.3 Å². The number of aliphatic hydroxyl groups is 4. The van der Waals surface area contributed by atoms with E-state index in [-0.39, 0.29) is 6.42 Å². The van der Waals surface area contributed by atoms with Crippen molar-refractivity contribution in [2.75, 3.05) is 6.61 Å². The monoisotopic (exact) mass is 319 g/mol. The molecule has 0 aromatic carbocycles. The van der Waals surface area contributed by atoms with Crippen molar-refractivity contribution in [2.45, 2.75) is 50.2 Å². The number of carboxylic acids is 1. The Morgan fingerprint density at radius 2 is 2.05 bits per heavy atom. The van der Waals surface area contributed by atoms with Gasteiger partial charge in [0.15, 0.2) is 6.10 Å². The highest BCUT2D eigenvalue weighted by molar-refractivity contribution is 5.84. The van der Waals surface area contributed by atoms with E-state index in [2.05, 4.69) is 5.32 Å². The summed E-state index contributed by atoms with van der Waals surface area (Å²) in [5, 5.41) is 49.7. The smallest absolute Gasteiger partial charge is 0.370 e. The molecule has 9 heteroatoms. The van der Waals surface area contributed by atoms with Crippen molar-refractivity contribution >= 4 is 11.9 Å². The van der Waals surface area contributed by atoms with Crippen molar-refractivity contribution in [1.29, 1.82) is 0 Å². The molecule has 9 nitrogen and oxygen atoms in total. The van der Waals surface area contributed by atoms with E-state index in [1.165, 1.54) is 0 Å². The summed E-state index contributed by atoms with van der Waals surface area (Å²) in [4.78, 5) is 22.6. The minimum absolute atomic E-state index is 0.171. The van der Waals surface area contributed by atoms with Crippen LogP contribution in [0.3, 0.4) is 0 Å². The molecule has 0 fully saturated rings. The Bertz CT molecular complexity index is 438. The number of nitrogens with one attached hydrogen (secondary N) is 1. The summed E-state index contributed by atoms with van der Waals surface area (Å²) in [6.07, 6.45) is -4.54. The van der Waals surface area contributed by atoms with Crippen LogP contribution in [0.2, 0.25) is 0 Å². The van der Waals surface area contributed by atoms with Crippen molar-refractivity contribution in [3.8, 4) is 0 Å². The third kappa shape index (κ3) is 4.41. The van der Waals surface area contributed by atoms with Crippen molar-refractivity contribution in [3.05, 3.63) is 11.8 Å². The molecule has 0 saturated heterocycles. The summed E-state index contributed by atoms with van der Waals surface area (Å²) < 4.78 is 5.06. The topological polar surface area (TPSA) is 157 Å². The molecule has 1 aliphatic heterocycles. The Morgan fingerprint density at radius 3 is 2.55 bits per heavy atom. The third-order valence-electron chi connectivity index (χ3n) is 3.24. The number of rotatable bonds is 7. The fourth-order valence-electron chi connectivity index (χ4n) is 2.10. The fourth-order valence-corrected chi connectivity index (χ4v) is 2.10. The number of carbonyl (C=O) groups excluding carboxylic acids is 1. The van der Waals surface area contributed by atoms with Crippen LogP contribution in [0.15, 0.2) is 11.8 Å². The molecular weight excluding hydrogens is 298 g/mol. The normalized spacial score (nSPS) is 27.3. The second kappa shape index (κ2) is 8.08. The van der Waals surface area contributed by atoms with Crippen LogP contribution in [-0.2, 0) is 14.3 Å². The van der Waals surface area contributed by atoms with Gasteiger partial charge in [-0.05, 0) is 12.5 Å². The van der Waals surface area contributed by atoms with E-state index in [1.807, 2.05) is 0 Å². The zero-order chi connectivity index (χ0) is 16.9. The van der Waals surface area contributed by atoms with E-state index in [0.717, 1.165) is 6.08 Å². The molecule has 0 radical (unpaired) electrons. The Kier molecular flexibility index (Phi) is 6.75. The summed E-state index contributed by atoms with van der Waals surface area (Å²) >= 11 is 0. The molecule has 1 aliphatic rings. The van der Waals surface area contributed by atoms with E-state index in [9.17, 15) is 24.9 Å². The fraction of sp³-hybridized carbons (Fsp3) is 0.692. The molecule has 1 heterocycles. The van der Waals surface area contributed by atoms with Crippen LogP contribution in [0, 0.1) is 0 Å². The number of aliphatic carboxylic acids is 1. The summed E-state index contributed by atoms with van der Waals surface area (Å²) in [5.74, 6) is -2.49. The molecular formula is C13H21NO8. The predicted octanol–water partition coefficient (Wildman–Crippen LogP) is -2.29. The van der Waals surface area contributed by atoms with E-state index in [4.69, 9.17) is 14.9 Å². The average Bonchev–Trinajstić information content (AvgIpc) is 2.47. The lowest BCUT2D eigenvalue weighted by Gasteiger charge is -2.38. The average molecular weight is 319 g/mol. The van der Waals surface area contributed by atoms with Crippen LogP contribution in [0.1, 0.15) is 19.8 Å². The second-order valence-corrected chi connectivity index (χ2v) is 4.99. The lowest BCUT2D eigenvalue weighted by molar-refractivity contribution is -0.149. The highest BCUT2D eigenvalue weighted by atomic mass is 16.5. The summed E-state index contributed by atoms with van der Waals surface area (Å²) in [5.41, 5.74) is 0. The molecule has 1 amide bonds. The lowest BCUT2D eigenvalue weighted by atomic mass is 9.93. The van der Waals surface area contributed by atoms with E-state index in [1.54, 1.807) is 6.92 Å². The van der Waals surface area contributed by atoms with Gasteiger partial charge in [-0.15, -0.1) is 0 Å². The largest absolute Gasteiger partial charge is 0.478 e. The van der Waals surface area contributed by atoms with Gasteiger partial charge >= 0.3 is 5.97 Å². The molecule has 0 aromatic rings. The molecule has 1 unspecified atom stereocenters. The summed E-state index contributed by atoms with van der Waals surface area (Å²) in [6.45, 7) is 0.983. The number of aliphatic hydroxyl groups excluding tert-OH is 4. The van der Waals surface area contributed by atoms with E-state index in [0.29, 0.717) is 6.42 Å². The molecule has 0 saturated carbocycles. The molecule has 0 spiro atoms. The summed E-state index contributed by atoms with van der Waals surface area (Å²) in [7, 11) is 0. The Labute approximate surface area is 126 Å². The Morgan fingerprint density at radius 1 is 1.41 bits per heavy atom. The maximum Gasteiger partial charge on any atom is 0.370 e. The van der Waals surface area contributed by atoms with Gasteiger partial charge in [-0.2, -0.15) is 0 Å². The van der Waals surface area contributed by atoms with E-state index >= 15 is 0 Å². The first-order valence-electron chi connectivity index (χ1n) is 6.88. The molecule has 5 atom stereocenters. The Balaban J connectivity index is 3.01. The molecule has 0 bridgehead atoms. The van der Waals surface area contributed by atoms with Crippen molar-refractivity contribution in [1.82, 2.24) is 5.32 Å². The number of hydrogen-bond acceptors (Lipinski definition) is 7. The number of carbonyl (C=O) groups is 2. The molecule has 126 valence electrons. The molecule has 22 heavy (non-hydrogen) atoms. The van der Waals surface area contributed by atoms with E-state index < -0.39 is 54.7 Å². The minimum atomic E-state index is -1.70. The van der Waals surface area contributed by atoms with Crippen LogP contribution in [-0.4, -0.2) is 74.5 Å². The zero-order valence-corrected chi connectivity index (χ0v) is 12.0. The molecule has 1 rings (SSSR count).